The molecule has 0 aromatic heterocycles. The van der Waals surface area contributed by atoms with Crippen LogP contribution >= 0.6 is 0 Å². The lowest BCUT2D eigenvalue weighted by molar-refractivity contribution is -0.130. The molecule has 4 aliphatic rings. The van der Waals surface area contributed by atoms with Gasteiger partial charge >= 0.3 is 12.1 Å². The van der Waals surface area contributed by atoms with Gasteiger partial charge in [0.2, 0.25) is 0 Å². The van der Waals surface area contributed by atoms with Crippen LogP contribution in [0.15, 0.2) is 36.4 Å². The molecule has 2 saturated heterocycles. The number of nitrogens with zero attached hydrogens (tertiary/aromatic N) is 4. The third-order valence-electron chi connectivity index (χ3n) is 10.6. The number of likely N-dealkylation sites (tertiary alicyclic amines) is 1. The van der Waals surface area contributed by atoms with Crippen molar-refractivity contribution in [1.29, 1.82) is 0 Å². The highest BCUT2D eigenvalue weighted by Gasteiger charge is 2.52. The number of aromatic hydroxyl groups is 1. The molecule has 3 aliphatic heterocycles. The first-order chi connectivity index (χ1) is 21.8. The minimum Gasteiger partial charge on any atom is -0.507 e. The van der Waals surface area contributed by atoms with Crippen molar-refractivity contribution in [3.8, 4) is 5.75 Å². The zero-order chi connectivity index (χ0) is 31.6. The summed E-state index contributed by atoms with van der Waals surface area (Å²) in [5.41, 5.74) is 3.32. The summed E-state index contributed by atoms with van der Waals surface area (Å²) in [5, 5.41) is 13.3. The quantitative estimate of drug-likeness (QED) is 0.419. The molecule has 2 N–H and O–H groups in total. The van der Waals surface area contributed by atoms with Crippen LogP contribution in [0.2, 0.25) is 0 Å². The normalized spacial score (nSPS) is 25.0. The monoisotopic (exact) mass is 617 g/mol. The highest BCUT2D eigenvalue weighted by Crippen LogP contribution is 2.39. The Balaban J connectivity index is 1.25. The van der Waals surface area contributed by atoms with Crippen LogP contribution in [0.3, 0.4) is 0 Å². The van der Waals surface area contributed by atoms with E-state index in [1.807, 2.05) is 49.1 Å². The van der Waals surface area contributed by atoms with Crippen LogP contribution in [0.4, 0.5) is 15.3 Å². The van der Waals surface area contributed by atoms with Gasteiger partial charge in [-0.3, -0.25) is 14.7 Å². The average Bonchev–Trinajstić information content (AvgIpc) is 3.53. The van der Waals surface area contributed by atoms with E-state index >= 15 is 0 Å². The molecule has 2 atom stereocenters. The summed E-state index contributed by atoms with van der Waals surface area (Å²) in [7, 11) is 0. The summed E-state index contributed by atoms with van der Waals surface area (Å²) in [6.07, 6.45) is 7.47. The molecule has 0 unspecified atom stereocenters. The van der Waals surface area contributed by atoms with E-state index in [4.69, 9.17) is 4.74 Å². The fourth-order valence-electron chi connectivity index (χ4n) is 8.22. The lowest BCUT2D eigenvalue weighted by Crippen LogP contribution is -2.71. The van der Waals surface area contributed by atoms with Gasteiger partial charge in [-0.15, -0.1) is 0 Å². The Bertz CT molecular complexity index is 1380. The Morgan fingerprint density at radius 1 is 1.00 bits per heavy atom. The number of piperidine rings is 1. The summed E-state index contributed by atoms with van der Waals surface area (Å²) in [5.74, 6) is 0.245. The molecule has 2 aromatic carbocycles. The number of para-hydroxylation sites is 1. The van der Waals surface area contributed by atoms with Gasteiger partial charge in [0.1, 0.15) is 24.3 Å². The Hall–Kier alpha value is -3.63. The van der Waals surface area contributed by atoms with E-state index in [-0.39, 0.29) is 30.9 Å². The predicted molar refractivity (Wildman–Crippen MR) is 172 cm³/mol. The van der Waals surface area contributed by atoms with Gasteiger partial charge in [0.15, 0.2) is 0 Å². The number of aryl methyl sites for hydroxylation is 2. The Morgan fingerprint density at radius 3 is 2.42 bits per heavy atom. The maximum absolute atomic E-state index is 14.0. The van der Waals surface area contributed by atoms with Crippen LogP contribution in [0, 0.1) is 13.8 Å². The molecule has 0 radical (unpaired) electrons. The number of phenolic OH excluding ortho intramolecular Hbond substituents is 1. The number of carbonyl (C=O) groups excluding carboxylic acids is 3. The first kappa shape index (κ1) is 31.4. The van der Waals surface area contributed by atoms with Crippen LogP contribution in [0.5, 0.6) is 5.75 Å². The lowest BCUT2D eigenvalue weighted by atomic mass is 9.85. The largest absolute Gasteiger partial charge is 0.507 e. The van der Waals surface area contributed by atoms with Crippen molar-refractivity contribution in [2.75, 3.05) is 44.6 Å². The summed E-state index contributed by atoms with van der Waals surface area (Å²) in [6, 6.07) is 11.9. The van der Waals surface area contributed by atoms with E-state index in [0.717, 1.165) is 66.8 Å². The van der Waals surface area contributed by atoms with Crippen LogP contribution in [0.25, 0.3) is 0 Å². The fourth-order valence-corrected chi connectivity index (χ4v) is 8.22. The highest BCUT2D eigenvalue weighted by atomic mass is 16.6. The number of aldehydes is 1. The molecular formula is C35H47N5O5. The molecule has 242 valence electrons. The van der Waals surface area contributed by atoms with Crippen molar-refractivity contribution >= 4 is 24.1 Å². The fraction of sp³-hybridized carbons (Fsp3) is 0.571. The van der Waals surface area contributed by atoms with Crippen molar-refractivity contribution in [2.24, 2.45) is 0 Å². The summed E-state index contributed by atoms with van der Waals surface area (Å²) in [6.45, 7) is 7.96. The standard InChI is InChI=1S/C35H47N5O5/c1-25-21-27(22-26(2)32(25)42)24-45-34(44)40-15-12-30(39-14-11-28-7-3-6-10-31(28)36-33(39)43)23-35(40,13-20-41)38-18-16-37(17-19-38)29-8-4-5-9-29/h3,6-7,10,20-22,29-30,42H,4-5,8-9,11-19,23-24H2,1-2H3,(H,36,43)/t30-,35+/m1/s1. The number of nitrogens with one attached hydrogen (secondary N) is 1. The van der Waals surface area contributed by atoms with Crippen LogP contribution in [0.1, 0.15) is 67.2 Å². The molecule has 3 amide bonds. The molecule has 45 heavy (non-hydrogen) atoms. The minimum absolute atomic E-state index is 0.0696. The van der Waals surface area contributed by atoms with Crippen LogP contribution in [-0.4, -0.2) is 100 Å². The minimum atomic E-state index is -0.899. The zero-order valence-electron chi connectivity index (χ0n) is 26.7. The Kier molecular flexibility index (Phi) is 9.33. The van der Waals surface area contributed by atoms with E-state index in [0.29, 0.717) is 32.0 Å². The molecule has 10 heteroatoms. The molecule has 3 heterocycles. The first-order valence-electron chi connectivity index (χ1n) is 16.6. The molecule has 1 saturated carbocycles. The number of hydrogen-bond acceptors (Lipinski definition) is 7. The number of fused-ring (bicyclic) bond motifs is 1. The highest BCUT2D eigenvalue weighted by molar-refractivity contribution is 5.91. The van der Waals surface area contributed by atoms with E-state index in [2.05, 4.69) is 21.2 Å². The number of hydrogen-bond donors (Lipinski definition) is 2. The third kappa shape index (κ3) is 6.40. The number of rotatable bonds is 7. The molecule has 2 aromatic rings. The van der Waals surface area contributed by atoms with Gasteiger partial charge in [-0.1, -0.05) is 31.0 Å². The number of phenols is 1. The Labute approximate surface area is 266 Å². The second-order valence-electron chi connectivity index (χ2n) is 13.3. The average molecular weight is 618 g/mol. The molecule has 0 bridgehead atoms. The maximum atomic E-state index is 14.0. The number of benzene rings is 2. The maximum Gasteiger partial charge on any atom is 0.411 e. The predicted octanol–water partition coefficient (Wildman–Crippen LogP) is 5.05. The van der Waals surface area contributed by atoms with Gasteiger partial charge in [0.25, 0.3) is 0 Å². The number of ether oxygens (including phenoxy) is 1. The molecule has 6 rings (SSSR count). The molecule has 0 spiro atoms. The van der Waals surface area contributed by atoms with Gasteiger partial charge in [-0.25, -0.2) is 9.59 Å². The van der Waals surface area contributed by atoms with Gasteiger partial charge in [-0.2, -0.15) is 0 Å². The van der Waals surface area contributed by atoms with Crippen molar-refractivity contribution in [2.45, 2.75) is 89.6 Å². The van der Waals surface area contributed by atoms with Crippen molar-refractivity contribution < 1.29 is 24.2 Å². The Morgan fingerprint density at radius 2 is 1.71 bits per heavy atom. The van der Waals surface area contributed by atoms with Gasteiger partial charge in [0, 0.05) is 69.9 Å². The smallest absolute Gasteiger partial charge is 0.411 e. The van der Waals surface area contributed by atoms with Crippen molar-refractivity contribution in [3.05, 3.63) is 58.7 Å². The molecular weight excluding hydrogens is 570 g/mol. The van der Waals surface area contributed by atoms with Gasteiger partial charge < -0.3 is 24.9 Å². The third-order valence-corrected chi connectivity index (χ3v) is 10.6. The lowest BCUT2D eigenvalue weighted by Gasteiger charge is -2.57. The van der Waals surface area contributed by atoms with E-state index in [1.54, 1.807) is 4.90 Å². The molecule has 3 fully saturated rings. The summed E-state index contributed by atoms with van der Waals surface area (Å²) < 4.78 is 5.94. The topological polar surface area (TPSA) is 106 Å². The number of amides is 3. The summed E-state index contributed by atoms with van der Waals surface area (Å²) >= 11 is 0. The van der Waals surface area contributed by atoms with Gasteiger partial charge in [0.05, 0.1) is 0 Å². The van der Waals surface area contributed by atoms with Crippen molar-refractivity contribution in [1.82, 2.24) is 19.6 Å². The number of piperazine rings is 1. The second kappa shape index (κ2) is 13.4. The number of urea groups is 1. The van der Waals surface area contributed by atoms with Crippen molar-refractivity contribution in [3.63, 3.8) is 0 Å². The molecule has 10 nitrogen and oxygen atoms in total. The van der Waals surface area contributed by atoms with Crippen LogP contribution < -0.4 is 5.32 Å². The van der Waals surface area contributed by atoms with Crippen LogP contribution in [-0.2, 0) is 22.6 Å². The molecule has 1 aliphatic carbocycles. The van der Waals surface area contributed by atoms with E-state index < -0.39 is 11.8 Å². The van der Waals surface area contributed by atoms with Gasteiger partial charge in [-0.05, 0) is 80.0 Å². The second-order valence-corrected chi connectivity index (χ2v) is 13.3. The van der Waals surface area contributed by atoms with E-state index in [9.17, 15) is 19.5 Å². The zero-order valence-corrected chi connectivity index (χ0v) is 26.7. The number of anilines is 1. The number of carbonyl (C=O) groups is 3. The first-order valence-corrected chi connectivity index (χ1v) is 16.6. The van der Waals surface area contributed by atoms with E-state index in [1.165, 1.54) is 25.7 Å². The summed E-state index contributed by atoms with van der Waals surface area (Å²) in [4.78, 5) is 48.6. The SMILES string of the molecule is Cc1cc(COC(=O)N2CC[C@@H](N3CCc4ccccc4NC3=O)C[C@@]2(CC=O)N2CCN(C3CCCC3)CC2)cc(C)c1O.